The number of nitrogens with zero attached hydrogens (tertiary/aromatic N) is 8. The molecule has 2 unspecified atom stereocenters. The van der Waals surface area contributed by atoms with Crippen LogP contribution >= 0.6 is 6.49 Å². The summed E-state index contributed by atoms with van der Waals surface area (Å²) < 4.78 is 41.6. The van der Waals surface area contributed by atoms with Gasteiger partial charge in [0.2, 0.25) is 5.95 Å². The van der Waals surface area contributed by atoms with Gasteiger partial charge in [-0.1, -0.05) is 5.21 Å². The van der Waals surface area contributed by atoms with Crippen molar-refractivity contribution in [3.8, 4) is 0 Å². The number of imidazole rings is 1. The van der Waals surface area contributed by atoms with E-state index in [9.17, 15) is 19.9 Å². The van der Waals surface area contributed by atoms with Crippen molar-refractivity contribution in [2.45, 2.75) is 48.2 Å². The van der Waals surface area contributed by atoms with Crippen LogP contribution in [0.25, 0.3) is 22.3 Å². The number of rotatable bonds is 7. The average Bonchev–Trinajstić information content (AvgIpc) is 3.75. The fourth-order valence-electron chi connectivity index (χ4n) is 5.51. The zero-order chi connectivity index (χ0) is 29.6. The molecule has 0 saturated carbocycles. The molecule has 0 aromatic carbocycles. The molecule has 2 bridgehead atoms. The zero-order valence-corrected chi connectivity index (χ0v) is 22.9. The van der Waals surface area contributed by atoms with Crippen molar-refractivity contribution in [2.24, 2.45) is 0 Å². The molecule has 7 heterocycles. The standard InChI is InChI=1S/C20H23FN11O8PS/c21-7-6(1-33)39-18(32-15-9(29-30-32)16(35)28-19(23)27-15)11(7)41(36,42)38-3-20-2-37-10(12(20)34)17(40-20)31-5-26-8-13(22)24-4-25-14(8)31/h4-7,10-12,17-18,33-34H,1-3H2,(H,36,42)(H2,22,24,25)(H3,23,27,28,35)/t6?,7-,10+,11+,12-,17+,18+,20+,41?/m0/s1. The Morgan fingerprint density at radius 3 is 2.86 bits per heavy atom. The Balaban J connectivity index is 1.17. The number of fused-ring (bicyclic) bond motifs is 4. The Kier molecular flexibility index (Phi) is 6.31. The molecule has 22 heteroatoms. The van der Waals surface area contributed by atoms with E-state index in [4.69, 9.17) is 42.0 Å². The van der Waals surface area contributed by atoms with Crippen LogP contribution in [-0.4, -0.2) is 115 Å². The number of aromatic nitrogens is 9. The number of hydrogen-bond acceptors (Lipinski definition) is 16. The van der Waals surface area contributed by atoms with E-state index in [1.54, 1.807) is 0 Å². The molecule has 3 fully saturated rings. The van der Waals surface area contributed by atoms with Gasteiger partial charge in [-0.25, -0.2) is 19.3 Å². The lowest BCUT2D eigenvalue weighted by Crippen LogP contribution is -2.45. The second kappa shape index (κ2) is 9.62. The van der Waals surface area contributed by atoms with Gasteiger partial charge >= 0.3 is 0 Å². The molecule has 0 spiro atoms. The Labute approximate surface area is 237 Å². The lowest BCUT2D eigenvalue weighted by atomic mass is 10.0. The number of aliphatic hydroxyl groups excluding tert-OH is 2. The minimum Gasteiger partial charge on any atom is -0.394 e. The summed E-state index contributed by atoms with van der Waals surface area (Å²) in [6.45, 7) is -5.59. The van der Waals surface area contributed by atoms with Crippen molar-refractivity contribution in [1.82, 2.24) is 44.5 Å². The lowest BCUT2D eigenvalue weighted by Gasteiger charge is -2.34. The molecule has 4 aromatic rings. The van der Waals surface area contributed by atoms with Crippen LogP contribution in [-0.2, 0) is 30.5 Å². The van der Waals surface area contributed by atoms with Crippen molar-refractivity contribution in [3.63, 3.8) is 0 Å². The molecule has 3 saturated heterocycles. The number of alkyl halides is 1. The maximum Gasteiger partial charge on any atom is 0.282 e. The Hall–Kier alpha value is -3.27. The van der Waals surface area contributed by atoms with Gasteiger partial charge < -0.3 is 45.3 Å². The summed E-state index contributed by atoms with van der Waals surface area (Å²) in [5.74, 6) is -0.113. The van der Waals surface area contributed by atoms with E-state index in [0.717, 1.165) is 4.68 Å². The highest BCUT2D eigenvalue weighted by Crippen LogP contribution is 2.59. The van der Waals surface area contributed by atoms with Gasteiger partial charge in [-0.05, 0) is 11.8 Å². The van der Waals surface area contributed by atoms with E-state index in [0.29, 0.717) is 11.2 Å². The maximum absolute atomic E-state index is 15.7. The van der Waals surface area contributed by atoms with Crippen molar-refractivity contribution in [1.29, 1.82) is 0 Å². The summed E-state index contributed by atoms with van der Waals surface area (Å²) in [6, 6.07) is 0. The van der Waals surface area contributed by atoms with Crippen molar-refractivity contribution in [2.75, 3.05) is 31.3 Å². The predicted molar refractivity (Wildman–Crippen MR) is 141 cm³/mol. The summed E-state index contributed by atoms with van der Waals surface area (Å²) in [6.07, 6.45) is -5.27. The number of ether oxygens (including phenoxy) is 3. The molecular formula is C20H23FN11O8PS. The van der Waals surface area contributed by atoms with Crippen LogP contribution in [0.4, 0.5) is 16.2 Å². The van der Waals surface area contributed by atoms with Crippen LogP contribution in [0.5, 0.6) is 0 Å². The van der Waals surface area contributed by atoms with E-state index in [-0.39, 0.29) is 29.5 Å². The number of nitrogens with two attached hydrogens (primary N) is 2. The Morgan fingerprint density at radius 1 is 1.26 bits per heavy atom. The molecular weight excluding hydrogens is 604 g/mol. The second-order valence-electron chi connectivity index (χ2n) is 10.1. The highest BCUT2D eigenvalue weighted by atomic mass is 32.5. The first-order valence-corrected chi connectivity index (χ1v) is 15.2. The first-order valence-electron chi connectivity index (χ1n) is 12.4. The van der Waals surface area contributed by atoms with E-state index in [1.165, 1.54) is 17.2 Å². The third-order valence-corrected chi connectivity index (χ3v) is 10.4. The smallest absolute Gasteiger partial charge is 0.282 e. The first kappa shape index (κ1) is 27.6. The Bertz CT molecular complexity index is 1810. The topological polar surface area (TPSA) is 270 Å². The number of nitrogen functional groups attached to an aromatic ring is 2. The number of aromatic amines is 1. The van der Waals surface area contributed by atoms with Gasteiger partial charge in [0, 0.05) is 0 Å². The molecule has 0 aliphatic carbocycles. The van der Waals surface area contributed by atoms with Gasteiger partial charge in [-0.3, -0.25) is 14.3 Å². The van der Waals surface area contributed by atoms with Gasteiger partial charge in [0.15, 0.2) is 41.6 Å². The quantitative estimate of drug-likeness (QED) is 0.115. The van der Waals surface area contributed by atoms with Crippen LogP contribution in [0, 0.1) is 0 Å². The molecule has 9 atom stereocenters. The van der Waals surface area contributed by atoms with E-state index in [2.05, 4.69) is 35.2 Å². The summed E-state index contributed by atoms with van der Waals surface area (Å²) in [5.41, 5.74) is 8.02. The summed E-state index contributed by atoms with van der Waals surface area (Å²) in [7, 11) is 0. The van der Waals surface area contributed by atoms with Crippen LogP contribution < -0.4 is 17.0 Å². The van der Waals surface area contributed by atoms with Crippen molar-refractivity contribution < 1.29 is 38.2 Å². The van der Waals surface area contributed by atoms with Gasteiger partial charge in [0.25, 0.3) is 5.56 Å². The molecule has 0 radical (unpaired) electrons. The molecule has 8 N–H and O–H groups in total. The van der Waals surface area contributed by atoms with Gasteiger partial charge in [0.1, 0.15) is 47.6 Å². The summed E-state index contributed by atoms with van der Waals surface area (Å²) in [4.78, 5) is 42.3. The normalized spacial score (nSPS) is 34.0. The largest absolute Gasteiger partial charge is 0.394 e. The van der Waals surface area contributed by atoms with Crippen molar-refractivity contribution >= 4 is 52.4 Å². The minimum atomic E-state index is -4.20. The van der Waals surface area contributed by atoms with Gasteiger partial charge in [0.05, 0.1) is 26.1 Å². The van der Waals surface area contributed by atoms with Crippen molar-refractivity contribution in [3.05, 3.63) is 23.0 Å². The Morgan fingerprint density at radius 2 is 2.07 bits per heavy atom. The maximum atomic E-state index is 15.7. The van der Waals surface area contributed by atoms with Crippen LogP contribution in [0.3, 0.4) is 0 Å². The highest BCUT2D eigenvalue weighted by molar-refractivity contribution is 8.09. The minimum absolute atomic E-state index is 0.128. The molecule has 7 rings (SSSR count). The molecule has 3 aliphatic heterocycles. The number of nitrogens with one attached hydrogen (secondary N) is 1. The molecule has 224 valence electrons. The van der Waals surface area contributed by atoms with Crippen LogP contribution in [0.15, 0.2) is 17.4 Å². The lowest BCUT2D eigenvalue weighted by molar-refractivity contribution is -0.182. The predicted octanol–water partition coefficient (Wildman–Crippen LogP) is -2.54. The SMILES string of the molecule is Nc1nc2c(nnn2[C@@H]2OC(CO)[C@H](F)[C@H]2P(O)(=S)OC[C@@]23CO[C@@H]([C@H](n4cnc5c(N)ncnc54)O2)[C@@H]3O)c(=O)[nH]1. The summed E-state index contributed by atoms with van der Waals surface area (Å²) in [5, 5.41) is 28.4. The number of anilines is 2. The molecule has 4 aromatic heterocycles. The number of halogens is 1. The molecule has 0 amide bonds. The van der Waals surface area contributed by atoms with E-state index < -0.39 is 73.5 Å². The average molecular weight is 628 g/mol. The molecule has 42 heavy (non-hydrogen) atoms. The van der Waals surface area contributed by atoms with Gasteiger partial charge in [-0.2, -0.15) is 9.67 Å². The zero-order valence-electron chi connectivity index (χ0n) is 21.2. The third-order valence-electron chi connectivity index (χ3n) is 7.60. The first-order chi connectivity index (χ1) is 20.0. The third kappa shape index (κ3) is 3.97. The number of hydrogen-bond donors (Lipinski definition) is 6. The fraction of sp³-hybridized carbons (Fsp3) is 0.550. The molecule has 3 aliphatic rings. The fourth-order valence-corrected chi connectivity index (χ4v) is 7.98. The van der Waals surface area contributed by atoms with Crippen LogP contribution in [0.1, 0.15) is 12.5 Å². The summed E-state index contributed by atoms with van der Waals surface area (Å²) >= 11 is 5.42. The number of H-pyrrole nitrogens is 1. The van der Waals surface area contributed by atoms with E-state index in [1.807, 2.05) is 0 Å². The number of aliphatic hydroxyl groups is 2. The van der Waals surface area contributed by atoms with Gasteiger partial charge in [-0.15, -0.1) is 5.10 Å². The highest BCUT2D eigenvalue weighted by Gasteiger charge is 2.63. The van der Waals surface area contributed by atoms with Crippen LogP contribution in [0.2, 0.25) is 0 Å². The second-order valence-corrected chi connectivity index (χ2v) is 13.6. The monoisotopic (exact) mass is 627 g/mol. The molecule has 19 nitrogen and oxygen atoms in total. The van der Waals surface area contributed by atoms with E-state index >= 15 is 4.39 Å².